The Balaban J connectivity index is 2.21. The standard InChI is InChI=1S/C11H14N2O4S/c1-8-9(11(14)15)2-3-10(12-8)13-4-6-18(16,17)7-5-13/h2-3H,4-7H2,1H3,(H,14,15). The van der Waals surface area contributed by atoms with Crippen LogP contribution in [0.25, 0.3) is 0 Å². The summed E-state index contributed by atoms with van der Waals surface area (Å²) >= 11 is 0. The minimum atomic E-state index is -2.92. The van der Waals surface area contributed by atoms with Crippen LogP contribution in [-0.4, -0.2) is 49.1 Å². The molecule has 0 radical (unpaired) electrons. The van der Waals surface area contributed by atoms with Crippen LogP contribution >= 0.6 is 0 Å². The molecule has 1 aliphatic heterocycles. The Hall–Kier alpha value is -1.63. The van der Waals surface area contributed by atoms with Gasteiger partial charge in [-0.2, -0.15) is 0 Å². The summed E-state index contributed by atoms with van der Waals surface area (Å²) in [6, 6.07) is 3.12. The van der Waals surface area contributed by atoms with E-state index in [1.54, 1.807) is 13.0 Å². The van der Waals surface area contributed by atoms with Gasteiger partial charge in [0.25, 0.3) is 0 Å². The lowest BCUT2D eigenvalue weighted by Crippen LogP contribution is -2.40. The predicted molar refractivity (Wildman–Crippen MR) is 66.8 cm³/mol. The summed E-state index contributed by atoms with van der Waals surface area (Å²) in [5, 5.41) is 8.90. The van der Waals surface area contributed by atoms with Gasteiger partial charge in [0.15, 0.2) is 9.84 Å². The molecule has 0 spiro atoms. The maximum absolute atomic E-state index is 11.3. The third-order valence-corrected chi connectivity index (χ3v) is 4.58. The number of pyridine rings is 1. The molecule has 0 bridgehead atoms. The Morgan fingerprint density at radius 3 is 2.44 bits per heavy atom. The van der Waals surface area contributed by atoms with Crippen LogP contribution in [0.5, 0.6) is 0 Å². The first-order chi connectivity index (χ1) is 8.39. The number of aromatic carboxylic acids is 1. The summed E-state index contributed by atoms with van der Waals surface area (Å²) in [7, 11) is -2.92. The van der Waals surface area contributed by atoms with Gasteiger partial charge in [0.1, 0.15) is 5.82 Å². The van der Waals surface area contributed by atoms with E-state index in [1.165, 1.54) is 6.07 Å². The van der Waals surface area contributed by atoms with Crippen molar-refractivity contribution < 1.29 is 18.3 Å². The van der Waals surface area contributed by atoms with Crippen LogP contribution in [0.2, 0.25) is 0 Å². The summed E-state index contributed by atoms with van der Waals surface area (Å²) in [4.78, 5) is 16.9. The first-order valence-corrected chi connectivity index (χ1v) is 7.37. The molecule has 1 aromatic heterocycles. The van der Waals surface area contributed by atoms with E-state index < -0.39 is 15.8 Å². The fourth-order valence-corrected chi connectivity index (χ4v) is 3.09. The zero-order valence-electron chi connectivity index (χ0n) is 9.96. The fourth-order valence-electron chi connectivity index (χ4n) is 1.89. The van der Waals surface area contributed by atoms with Gasteiger partial charge in [-0.3, -0.25) is 0 Å². The Morgan fingerprint density at radius 1 is 1.33 bits per heavy atom. The molecule has 7 heteroatoms. The Morgan fingerprint density at radius 2 is 1.94 bits per heavy atom. The number of anilines is 1. The molecule has 0 atom stereocenters. The molecule has 0 aromatic carbocycles. The van der Waals surface area contributed by atoms with Crippen molar-refractivity contribution in [1.82, 2.24) is 4.98 Å². The highest BCUT2D eigenvalue weighted by atomic mass is 32.2. The molecule has 0 aliphatic carbocycles. The molecule has 0 unspecified atom stereocenters. The molecule has 2 heterocycles. The molecule has 0 amide bonds. The molecule has 0 saturated carbocycles. The number of sulfone groups is 1. The van der Waals surface area contributed by atoms with Gasteiger partial charge in [-0.1, -0.05) is 0 Å². The van der Waals surface area contributed by atoms with Crippen molar-refractivity contribution in [1.29, 1.82) is 0 Å². The number of carboxylic acid groups (broad SMARTS) is 1. The van der Waals surface area contributed by atoms with Gasteiger partial charge < -0.3 is 10.0 Å². The topological polar surface area (TPSA) is 87.6 Å². The Bertz CT molecular complexity index is 569. The molecule has 2 rings (SSSR count). The summed E-state index contributed by atoms with van der Waals surface area (Å²) in [6.45, 7) is 2.44. The lowest BCUT2D eigenvalue weighted by atomic mass is 10.2. The van der Waals surface area contributed by atoms with Crippen LogP contribution in [0.15, 0.2) is 12.1 Å². The number of hydrogen-bond acceptors (Lipinski definition) is 5. The number of nitrogens with zero attached hydrogens (tertiary/aromatic N) is 2. The summed E-state index contributed by atoms with van der Waals surface area (Å²) in [5.74, 6) is -0.136. The minimum Gasteiger partial charge on any atom is -0.478 e. The van der Waals surface area contributed by atoms with Gasteiger partial charge in [0.2, 0.25) is 0 Å². The molecule has 1 fully saturated rings. The van der Waals surface area contributed by atoms with E-state index in [2.05, 4.69) is 4.98 Å². The van der Waals surface area contributed by atoms with Crippen molar-refractivity contribution in [3.63, 3.8) is 0 Å². The van der Waals surface area contributed by atoms with Crippen LogP contribution < -0.4 is 4.90 Å². The quantitative estimate of drug-likeness (QED) is 0.833. The van der Waals surface area contributed by atoms with Crippen LogP contribution in [0.3, 0.4) is 0 Å². The van der Waals surface area contributed by atoms with Crippen molar-refractivity contribution in [2.45, 2.75) is 6.92 Å². The highest BCUT2D eigenvalue weighted by molar-refractivity contribution is 7.91. The van der Waals surface area contributed by atoms with E-state index in [1.807, 2.05) is 4.90 Å². The highest BCUT2D eigenvalue weighted by Crippen LogP contribution is 2.17. The minimum absolute atomic E-state index is 0.119. The lowest BCUT2D eigenvalue weighted by molar-refractivity contribution is 0.0695. The molecule has 1 aliphatic rings. The maximum Gasteiger partial charge on any atom is 0.337 e. The number of hydrogen-bond donors (Lipinski definition) is 1. The highest BCUT2D eigenvalue weighted by Gasteiger charge is 2.23. The van der Waals surface area contributed by atoms with Gasteiger partial charge in [0, 0.05) is 13.1 Å². The molecule has 1 N–H and O–H groups in total. The number of aryl methyl sites for hydroxylation is 1. The fraction of sp³-hybridized carbons (Fsp3) is 0.455. The number of carboxylic acids is 1. The van der Waals surface area contributed by atoms with Gasteiger partial charge in [-0.15, -0.1) is 0 Å². The number of aromatic nitrogens is 1. The molecular weight excluding hydrogens is 256 g/mol. The molecule has 6 nitrogen and oxygen atoms in total. The summed E-state index contributed by atoms with van der Waals surface area (Å²) in [6.07, 6.45) is 0. The van der Waals surface area contributed by atoms with E-state index in [0.717, 1.165) is 0 Å². The summed E-state index contributed by atoms with van der Waals surface area (Å²) in [5.41, 5.74) is 0.608. The zero-order valence-corrected chi connectivity index (χ0v) is 10.8. The van der Waals surface area contributed by atoms with Crippen molar-refractivity contribution >= 4 is 21.6 Å². The third kappa shape index (κ3) is 2.61. The normalized spacial score (nSPS) is 18.6. The maximum atomic E-state index is 11.3. The van der Waals surface area contributed by atoms with E-state index in [-0.39, 0.29) is 17.1 Å². The monoisotopic (exact) mass is 270 g/mol. The average molecular weight is 270 g/mol. The SMILES string of the molecule is Cc1nc(N2CCS(=O)(=O)CC2)ccc1C(=O)O. The molecule has 1 saturated heterocycles. The second-order valence-electron chi connectivity index (χ2n) is 4.25. The Kier molecular flexibility index (Phi) is 3.25. The van der Waals surface area contributed by atoms with Crippen LogP contribution in [-0.2, 0) is 9.84 Å². The average Bonchev–Trinajstić information content (AvgIpc) is 2.28. The molecular formula is C11H14N2O4S. The van der Waals surface area contributed by atoms with Crippen molar-refractivity contribution in [3.05, 3.63) is 23.4 Å². The first-order valence-electron chi connectivity index (χ1n) is 5.55. The zero-order chi connectivity index (χ0) is 13.3. The van der Waals surface area contributed by atoms with E-state index >= 15 is 0 Å². The van der Waals surface area contributed by atoms with Gasteiger partial charge in [-0.25, -0.2) is 18.2 Å². The summed E-state index contributed by atoms with van der Waals surface area (Å²) < 4.78 is 22.6. The number of rotatable bonds is 2. The second-order valence-corrected chi connectivity index (χ2v) is 6.55. The first kappa shape index (κ1) is 12.8. The van der Waals surface area contributed by atoms with E-state index in [4.69, 9.17) is 5.11 Å². The van der Waals surface area contributed by atoms with Crippen molar-refractivity contribution in [2.24, 2.45) is 0 Å². The van der Waals surface area contributed by atoms with Crippen LogP contribution in [0, 0.1) is 6.92 Å². The van der Waals surface area contributed by atoms with Gasteiger partial charge >= 0.3 is 5.97 Å². The molecule has 18 heavy (non-hydrogen) atoms. The van der Waals surface area contributed by atoms with Crippen LogP contribution in [0.4, 0.5) is 5.82 Å². The Labute approximate surface area is 105 Å². The van der Waals surface area contributed by atoms with E-state index in [0.29, 0.717) is 24.6 Å². The predicted octanol–water partition coefficient (Wildman–Crippen LogP) is 0.323. The molecule has 98 valence electrons. The third-order valence-electron chi connectivity index (χ3n) is 2.97. The van der Waals surface area contributed by atoms with Crippen LogP contribution in [0.1, 0.15) is 16.1 Å². The van der Waals surface area contributed by atoms with E-state index in [9.17, 15) is 13.2 Å². The van der Waals surface area contributed by atoms with Gasteiger partial charge in [0.05, 0.1) is 22.8 Å². The number of carbonyl (C=O) groups is 1. The van der Waals surface area contributed by atoms with Crippen molar-refractivity contribution in [3.8, 4) is 0 Å². The smallest absolute Gasteiger partial charge is 0.337 e. The van der Waals surface area contributed by atoms with Crippen molar-refractivity contribution in [2.75, 3.05) is 29.5 Å². The largest absolute Gasteiger partial charge is 0.478 e. The molecule has 1 aromatic rings. The van der Waals surface area contributed by atoms with Gasteiger partial charge in [-0.05, 0) is 19.1 Å². The lowest BCUT2D eigenvalue weighted by Gasteiger charge is -2.28. The second kappa shape index (κ2) is 4.56.